The molecule has 1 aromatic rings. The molecule has 1 rings (SSSR count). The topological polar surface area (TPSA) is 69.7 Å². The van der Waals surface area contributed by atoms with Crippen LogP contribution < -0.4 is 9.47 Å². The summed E-state index contributed by atoms with van der Waals surface area (Å²) >= 11 is 0. The lowest BCUT2D eigenvalue weighted by atomic mass is 9.97. The number of aldehydes is 1. The number of halogens is 1. The average Bonchev–Trinajstić information content (AvgIpc) is 2.35. The highest BCUT2D eigenvalue weighted by Gasteiger charge is 2.28. The molecule has 0 amide bonds. The summed E-state index contributed by atoms with van der Waals surface area (Å²) in [5, 5.41) is 0. The van der Waals surface area contributed by atoms with Gasteiger partial charge in [0.1, 0.15) is 17.0 Å². The quantitative estimate of drug-likeness (QED) is 0.751. The third-order valence-electron chi connectivity index (χ3n) is 2.93. The highest BCUT2D eigenvalue weighted by molar-refractivity contribution is 7.90. The van der Waals surface area contributed by atoms with E-state index in [1.807, 2.05) is 0 Å². The van der Waals surface area contributed by atoms with Crippen molar-refractivity contribution in [2.45, 2.75) is 24.2 Å². The molecule has 0 aliphatic carbocycles. The zero-order valence-electron chi connectivity index (χ0n) is 11.8. The monoisotopic (exact) mass is 304 g/mol. The standard InChI is InChI=1S/C13H17FO5S/c1-8(5-6-15)9-7-10(14)13(20(4,16)17)12(19-3)11(9)18-2/h6-8H,5H2,1-4H3. The summed E-state index contributed by atoms with van der Waals surface area (Å²) in [7, 11) is -1.24. The molecule has 0 aromatic heterocycles. The van der Waals surface area contributed by atoms with Gasteiger partial charge < -0.3 is 14.3 Å². The maximum Gasteiger partial charge on any atom is 0.182 e. The van der Waals surface area contributed by atoms with Crippen molar-refractivity contribution in [3.05, 3.63) is 17.4 Å². The first-order valence-electron chi connectivity index (χ1n) is 5.86. The lowest BCUT2D eigenvalue weighted by molar-refractivity contribution is -0.108. The van der Waals surface area contributed by atoms with E-state index in [1.165, 1.54) is 14.2 Å². The minimum absolute atomic E-state index is 0.128. The molecule has 0 radical (unpaired) electrons. The number of methoxy groups -OCH3 is 2. The molecule has 0 heterocycles. The van der Waals surface area contributed by atoms with Gasteiger partial charge in [-0.1, -0.05) is 6.92 Å². The molecule has 0 saturated carbocycles. The molecule has 5 nitrogen and oxygen atoms in total. The molecular formula is C13H17FO5S. The molecular weight excluding hydrogens is 287 g/mol. The SMILES string of the molecule is COc1c(C(C)CC=O)cc(F)c(S(C)(=O)=O)c1OC. The van der Waals surface area contributed by atoms with E-state index in [4.69, 9.17) is 9.47 Å². The number of sulfone groups is 1. The van der Waals surface area contributed by atoms with Gasteiger partial charge in [-0.05, 0) is 12.0 Å². The smallest absolute Gasteiger partial charge is 0.182 e. The first-order chi connectivity index (χ1) is 9.27. The summed E-state index contributed by atoms with van der Waals surface area (Å²) in [6.07, 6.45) is 1.76. The van der Waals surface area contributed by atoms with Crippen LogP contribution in [0.15, 0.2) is 11.0 Å². The van der Waals surface area contributed by atoms with Gasteiger partial charge >= 0.3 is 0 Å². The average molecular weight is 304 g/mol. The highest BCUT2D eigenvalue weighted by Crippen LogP contribution is 2.42. The lowest BCUT2D eigenvalue weighted by Crippen LogP contribution is -2.09. The predicted molar refractivity (Wildman–Crippen MR) is 71.7 cm³/mol. The van der Waals surface area contributed by atoms with Crippen LogP contribution >= 0.6 is 0 Å². The van der Waals surface area contributed by atoms with Crippen LogP contribution in [0.4, 0.5) is 4.39 Å². The van der Waals surface area contributed by atoms with E-state index < -0.39 is 20.5 Å². The van der Waals surface area contributed by atoms with Gasteiger partial charge in [-0.25, -0.2) is 12.8 Å². The van der Waals surface area contributed by atoms with Crippen molar-refractivity contribution in [1.82, 2.24) is 0 Å². The summed E-state index contributed by atoms with van der Waals surface area (Å²) in [4.78, 5) is 10.0. The van der Waals surface area contributed by atoms with Crippen LogP contribution in [-0.4, -0.2) is 35.2 Å². The van der Waals surface area contributed by atoms with E-state index in [2.05, 4.69) is 0 Å². The van der Waals surface area contributed by atoms with Crippen LogP contribution in [0, 0.1) is 5.82 Å². The Kier molecular flexibility index (Phi) is 5.10. The highest BCUT2D eigenvalue weighted by atomic mass is 32.2. The lowest BCUT2D eigenvalue weighted by Gasteiger charge is -2.19. The Morgan fingerprint density at radius 2 is 1.85 bits per heavy atom. The molecule has 1 unspecified atom stereocenters. The summed E-state index contributed by atoms with van der Waals surface area (Å²) in [5.41, 5.74) is 0.390. The zero-order valence-corrected chi connectivity index (χ0v) is 12.6. The van der Waals surface area contributed by atoms with Crippen LogP contribution in [0.5, 0.6) is 11.5 Å². The Bertz CT molecular complexity index is 610. The van der Waals surface area contributed by atoms with E-state index in [9.17, 15) is 17.6 Å². The first kappa shape index (κ1) is 16.4. The van der Waals surface area contributed by atoms with E-state index >= 15 is 0 Å². The zero-order chi connectivity index (χ0) is 15.5. The van der Waals surface area contributed by atoms with Gasteiger partial charge in [0, 0.05) is 18.2 Å². The van der Waals surface area contributed by atoms with Crippen LogP contribution in [0.2, 0.25) is 0 Å². The molecule has 0 fully saturated rings. The largest absolute Gasteiger partial charge is 0.493 e. The molecule has 112 valence electrons. The molecule has 0 spiro atoms. The van der Waals surface area contributed by atoms with E-state index in [1.54, 1.807) is 6.92 Å². The van der Waals surface area contributed by atoms with Crippen LogP contribution in [0.25, 0.3) is 0 Å². The van der Waals surface area contributed by atoms with Gasteiger partial charge in [0.05, 0.1) is 14.2 Å². The van der Waals surface area contributed by atoms with E-state index in [0.717, 1.165) is 12.3 Å². The van der Waals surface area contributed by atoms with Gasteiger partial charge in [-0.2, -0.15) is 0 Å². The molecule has 1 atom stereocenters. The molecule has 0 aliphatic rings. The maximum atomic E-state index is 14.1. The summed E-state index contributed by atoms with van der Waals surface area (Å²) in [6, 6.07) is 1.08. The minimum Gasteiger partial charge on any atom is -0.493 e. The van der Waals surface area contributed by atoms with Crippen molar-refractivity contribution in [2.75, 3.05) is 20.5 Å². The molecule has 1 aromatic carbocycles. The van der Waals surface area contributed by atoms with E-state index in [0.29, 0.717) is 11.8 Å². The number of hydrogen-bond donors (Lipinski definition) is 0. The van der Waals surface area contributed by atoms with Gasteiger partial charge in [0.15, 0.2) is 21.3 Å². The fourth-order valence-corrected chi connectivity index (χ4v) is 2.92. The second-order valence-electron chi connectivity index (χ2n) is 4.42. The Labute approximate surface area is 117 Å². The molecule has 20 heavy (non-hydrogen) atoms. The van der Waals surface area contributed by atoms with Crippen molar-refractivity contribution in [3.8, 4) is 11.5 Å². The van der Waals surface area contributed by atoms with Crippen LogP contribution in [0.1, 0.15) is 24.8 Å². The third-order valence-corrected chi connectivity index (χ3v) is 4.06. The molecule has 0 aliphatic heterocycles. The van der Waals surface area contributed by atoms with Gasteiger partial charge in [0.25, 0.3) is 0 Å². The number of hydrogen-bond acceptors (Lipinski definition) is 5. The van der Waals surface area contributed by atoms with Crippen LogP contribution in [0.3, 0.4) is 0 Å². The number of carbonyl (C=O) groups is 1. The van der Waals surface area contributed by atoms with Gasteiger partial charge in [0.2, 0.25) is 0 Å². The Hall–Kier alpha value is -1.63. The number of ether oxygens (including phenoxy) is 2. The fourth-order valence-electron chi connectivity index (χ4n) is 1.99. The van der Waals surface area contributed by atoms with Crippen molar-refractivity contribution in [2.24, 2.45) is 0 Å². The second-order valence-corrected chi connectivity index (χ2v) is 6.37. The molecule has 0 saturated heterocycles. The summed E-state index contributed by atoms with van der Waals surface area (Å²) < 4.78 is 47.6. The van der Waals surface area contributed by atoms with Crippen molar-refractivity contribution in [1.29, 1.82) is 0 Å². The minimum atomic E-state index is -3.81. The third kappa shape index (κ3) is 3.09. The number of carbonyl (C=O) groups excluding carboxylic acids is 1. The molecule has 7 heteroatoms. The Balaban J connectivity index is 3.69. The predicted octanol–water partition coefficient (Wildman–Crippen LogP) is 1.94. The normalized spacial score (nSPS) is 12.8. The van der Waals surface area contributed by atoms with Gasteiger partial charge in [-0.3, -0.25) is 0 Å². The van der Waals surface area contributed by atoms with Crippen LogP contribution in [-0.2, 0) is 14.6 Å². The Morgan fingerprint density at radius 3 is 2.25 bits per heavy atom. The van der Waals surface area contributed by atoms with Gasteiger partial charge in [-0.15, -0.1) is 0 Å². The van der Waals surface area contributed by atoms with E-state index in [-0.39, 0.29) is 23.8 Å². The van der Waals surface area contributed by atoms with Crippen molar-refractivity contribution in [3.63, 3.8) is 0 Å². The van der Waals surface area contributed by atoms with Crippen molar-refractivity contribution < 1.29 is 27.1 Å². The summed E-state index contributed by atoms with van der Waals surface area (Å²) in [5.74, 6) is -1.29. The van der Waals surface area contributed by atoms with Crippen molar-refractivity contribution >= 4 is 16.1 Å². The maximum absolute atomic E-state index is 14.1. The fraction of sp³-hybridized carbons (Fsp3) is 0.462. The summed E-state index contributed by atoms with van der Waals surface area (Å²) in [6.45, 7) is 1.71. The molecule has 0 bridgehead atoms. The molecule has 0 N–H and O–H groups in total. The second kappa shape index (κ2) is 6.21. The first-order valence-corrected chi connectivity index (χ1v) is 7.75. The Morgan fingerprint density at radius 1 is 1.30 bits per heavy atom. The number of benzene rings is 1. The number of rotatable bonds is 6.